The van der Waals surface area contributed by atoms with Crippen LogP contribution in [0.3, 0.4) is 0 Å². The molecule has 0 aliphatic heterocycles. The third-order valence-corrected chi connectivity index (χ3v) is 3.50. The molecule has 0 radical (unpaired) electrons. The fraction of sp³-hybridized carbons (Fsp3) is 0.417. The summed E-state index contributed by atoms with van der Waals surface area (Å²) in [5.41, 5.74) is 1.11. The van der Waals surface area contributed by atoms with Gasteiger partial charge in [0.05, 0.1) is 10.6 Å². The van der Waals surface area contributed by atoms with Crippen LogP contribution in [0.2, 0.25) is 5.02 Å². The van der Waals surface area contributed by atoms with E-state index in [1.165, 1.54) is 6.07 Å². The second kappa shape index (κ2) is 4.00. The van der Waals surface area contributed by atoms with Crippen LogP contribution in [-0.2, 0) is 10.3 Å². The molecule has 0 unspecified atom stereocenters. The molecule has 0 atom stereocenters. The van der Waals surface area contributed by atoms with Crippen molar-refractivity contribution in [2.75, 3.05) is 0 Å². The van der Waals surface area contributed by atoms with E-state index in [2.05, 4.69) is 4.99 Å². The maximum absolute atomic E-state index is 13.2. The molecule has 0 amide bonds. The first-order chi connectivity index (χ1) is 7.59. The van der Waals surface area contributed by atoms with Gasteiger partial charge in [0.1, 0.15) is 5.82 Å². The monoisotopic (exact) mass is 239 g/mol. The SMILES string of the molecule is Cc1cc(F)c(Cl)cc1C1(N=C=O)CCC1. The highest BCUT2D eigenvalue weighted by atomic mass is 35.5. The molecule has 1 saturated carbocycles. The van der Waals surface area contributed by atoms with Crippen molar-refractivity contribution >= 4 is 17.7 Å². The van der Waals surface area contributed by atoms with Crippen LogP contribution in [0.1, 0.15) is 30.4 Å². The molecule has 2 nitrogen and oxygen atoms in total. The number of carbonyl (C=O) groups excluding carboxylic acids is 1. The van der Waals surface area contributed by atoms with Crippen molar-refractivity contribution < 1.29 is 9.18 Å². The predicted molar refractivity (Wildman–Crippen MR) is 59.8 cm³/mol. The topological polar surface area (TPSA) is 29.4 Å². The van der Waals surface area contributed by atoms with Crippen molar-refractivity contribution in [3.8, 4) is 0 Å². The summed E-state index contributed by atoms with van der Waals surface area (Å²) >= 11 is 5.76. The number of isocyanates is 1. The third-order valence-electron chi connectivity index (χ3n) is 3.21. The number of benzene rings is 1. The molecular formula is C12H11ClFNO. The minimum absolute atomic E-state index is 0.0768. The van der Waals surface area contributed by atoms with Crippen molar-refractivity contribution in [2.24, 2.45) is 4.99 Å². The van der Waals surface area contributed by atoms with E-state index in [9.17, 15) is 9.18 Å². The van der Waals surface area contributed by atoms with Crippen LogP contribution in [0.25, 0.3) is 0 Å². The first kappa shape index (κ1) is 11.3. The predicted octanol–water partition coefficient (Wildman–Crippen LogP) is 3.50. The number of aliphatic imine (C=N–C) groups is 1. The fourth-order valence-corrected chi connectivity index (χ4v) is 2.35. The van der Waals surface area contributed by atoms with E-state index in [1.807, 2.05) is 0 Å². The highest BCUT2D eigenvalue weighted by molar-refractivity contribution is 6.30. The molecule has 1 aliphatic carbocycles. The first-order valence-electron chi connectivity index (χ1n) is 5.14. The molecule has 1 aromatic rings. The van der Waals surface area contributed by atoms with Gasteiger partial charge in [0.15, 0.2) is 0 Å². The van der Waals surface area contributed by atoms with Gasteiger partial charge >= 0.3 is 0 Å². The molecule has 1 aromatic carbocycles. The van der Waals surface area contributed by atoms with Gasteiger partial charge in [0, 0.05) is 0 Å². The number of rotatable bonds is 2. The van der Waals surface area contributed by atoms with Crippen LogP contribution in [0.15, 0.2) is 17.1 Å². The maximum Gasteiger partial charge on any atom is 0.235 e. The lowest BCUT2D eigenvalue weighted by Gasteiger charge is -2.38. The summed E-state index contributed by atoms with van der Waals surface area (Å²) in [6, 6.07) is 2.96. The van der Waals surface area contributed by atoms with E-state index < -0.39 is 11.4 Å². The van der Waals surface area contributed by atoms with Crippen molar-refractivity contribution in [2.45, 2.75) is 31.7 Å². The Labute approximate surface area is 98.1 Å². The average Bonchev–Trinajstić information content (AvgIpc) is 2.18. The highest BCUT2D eigenvalue weighted by Gasteiger charge is 2.40. The van der Waals surface area contributed by atoms with Crippen molar-refractivity contribution in [3.05, 3.63) is 34.1 Å². The van der Waals surface area contributed by atoms with Crippen molar-refractivity contribution in [1.82, 2.24) is 0 Å². The zero-order chi connectivity index (χ0) is 11.8. The Kier molecular flexibility index (Phi) is 2.83. The number of nitrogens with zero attached hydrogens (tertiary/aromatic N) is 1. The Hall–Kier alpha value is -1.18. The molecule has 0 N–H and O–H groups in total. The molecule has 2 rings (SSSR count). The number of aryl methyl sites for hydroxylation is 1. The molecular weight excluding hydrogens is 229 g/mol. The third kappa shape index (κ3) is 1.66. The van der Waals surface area contributed by atoms with Gasteiger partial charge in [-0.15, -0.1) is 0 Å². The summed E-state index contributed by atoms with van der Waals surface area (Å²) in [4.78, 5) is 14.3. The Bertz CT molecular complexity index is 476. The maximum atomic E-state index is 13.2. The molecule has 0 saturated heterocycles. The Morgan fingerprint density at radius 1 is 1.50 bits per heavy atom. The van der Waals surface area contributed by atoms with E-state index in [0.29, 0.717) is 0 Å². The zero-order valence-electron chi connectivity index (χ0n) is 8.89. The number of halogens is 2. The molecule has 4 heteroatoms. The largest absolute Gasteiger partial charge is 0.235 e. The van der Waals surface area contributed by atoms with Gasteiger partial charge in [0.25, 0.3) is 0 Å². The van der Waals surface area contributed by atoms with Crippen LogP contribution in [-0.4, -0.2) is 6.08 Å². The quantitative estimate of drug-likeness (QED) is 0.574. The normalized spacial score (nSPS) is 17.4. The molecule has 1 fully saturated rings. The Morgan fingerprint density at radius 2 is 2.19 bits per heavy atom. The summed E-state index contributed by atoms with van der Waals surface area (Å²) in [6.45, 7) is 1.80. The van der Waals surface area contributed by atoms with Gasteiger partial charge in [0.2, 0.25) is 6.08 Å². The fourth-order valence-electron chi connectivity index (χ4n) is 2.19. The summed E-state index contributed by atoms with van der Waals surface area (Å²) in [5.74, 6) is -0.438. The Morgan fingerprint density at radius 3 is 2.69 bits per heavy atom. The molecule has 1 aliphatic rings. The summed E-state index contributed by atoms with van der Waals surface area (Å²) in [7, 11) is 0. The lowest BCUT2D eigenvalue weighted by atomic mass is 9.71. The average molecular weight is 240 g/mol. The van der Waals surface area contributed by atoms with Gasteiger partial charge in [-0.1, -0.05) is 11.6 Å². The molecule has 0 aromatic heterocycles. The minimum atomic E-state index is -0.511. The van der Waals surface area contributed by atoms with Crippen LogP contribution >= 0.6 is 11.6 Å². The minimum Gasteiger partial charge on any atom is -0.211 e. The summed E-state index contributed by atoms with van der Waals surface area (Å²) < 4.78 is 13.2. The zero-order valence-corrected chi connectivity index (χ0v) is 9.64. The summed E-state index contributed by atoms with van der Waals surface area (Å²) in [5, 5.41) is 0.0768. The van der Waals surface area contributed by atoms with E-state index >= 15 is 0 Å². The number of hydrogen-bond acceptors (Lipinski definition) is 2. The van der Waals surface area contributed by atoms with Crippen LogP contribution in [0.5, 0.6) is 0 Å². The van der Waals surface area contributed by atoms with E-state index in [0.717, 1.165) is 30.4 Å². The lowest BCUT2D eigenvalue weighted by molar-refractivity contribution is 0.254. The van der Waals surface area contributed by atoms with Gasteiger partial charge in [-0.3, -0.25) is 0 Å². The molecule has 0 heterocycles. The van der Waals surface area contributed by atoms with Crippen molar-refractivity contribution in [3.63, 3.8) is 0 Å². The van der Waals surface area contributed by atoms with Crippen LogP contribution < -0.4 is 0 Å². The van der Waals surface area contributed by atoms with E-state index in [1.54, 1.807) is 19.1 Å². The van der Waals surface area contributed by atoms with Crippen molar-refractivity contribution in [1.29, 1.82) is 0 Å². The Balaban J connectivity index is 2.54. The van der Waals surface area contributed by atoms with Gasteiger partial charge < -0.3 is 0 Å². The lowest BCUT2D eigenvalue weighted by Crippen LogP contribution is -2.32. The molecule has 0 bridgehead atoms. The van der Waals surface area contributed by atoms with Gasteiger partial charge in [-0.05, 0) is 49.4 Å². The highest BCUT2D eigenvalue weighted by Crippen LogP contribution is 2.46. The van der Waals surface area contributed by atoms with E-state index in [4.69, 9.17) is 11.6 Å². The molecule has 16 heavy (non-hydrogen) atoms. The summed E-state index contributed by atoms with van der Waals surface area (Å²) in [6.07, 6.45) is 4.22. The molecule has 84 valence electrons. The standard InChI is InChI=1S/C12H11ClFNO/c1-8-5-11(14)10(13)6-9(8)12(15-7-16)3-2-4-12/h5-6H,2-4H2,1H3. The smallest absolute Gasteiger partial charge is 0.211 e. The van der Waals surface area contributed by atoms with E-state index in [-0.39, 0.29) is 5.02 Å². The van der Waals surface area contributed by atoms with Crippen LogP contribution in [0, 0.1) is 12.7 Å². The second-order valence-corrected chi connectivity index (χ2v) is 4.58. The van der Waals surface area contributed by atoms with Crippen LogP contribution in [0.4, 0.5) is 4.39 Å². The molecule has 0 spiro atoms. The second-order valence-electron chi connectivity index (χ2n) is 4.17. The van der Waals surface area contributed by atoms with Gasteiger partial charge in [-0.2, -0.15) is 4.99 Å². The first-order valence-corrected chi connectivity index (χ1v) is 5.52. The van der Waals surface area contributed by atoms with Gasteiger partial charge in [-0.25, -0.2) is 9.18 Å². The number of hydrogen-bond donors (Lipinski definition) is 0.